The van der Waals surface area contributed by atoms with Crippen LogP contribution in [0.5, 0.6) is 0 Å². The molecule has 1 atom stereocenters. The van der Waals surface area contributed by atoms with Crippen molar-refractivity contribution in [2.45, 2.75) is 26.4 Å². The van der Waals surface area contributed by atoms with Crippen LogP contribution < -0.4 is 14.9 Å². The number of nitrogens with zero attached hydrogens (tertiary/aromatic N) is 4. The number of amides is 1. The predicted molar refractivity (Wildman–Crippen MR) is 161 cm³/mol. The van der Waals surface area contributed by atoms with Gasteiger partial charge in [-0.3, -0.25) is 14.2 Å². The molecule has 9 nitrogen and oxygen atoms in total. The molecule has 4 aromatic rings. The van der Waals surface area contributed by atoms with Gasteiger partial charge in [-0.05, 0) is 43.7 Å². The number of allylic oxidation sites excluding steroid dienone is 1. The second-order valence-electron chi connectivity index (χ2n) is 10.1. The zero-order valence-corrected chi connectivity index (χ0v) is 24.8. The predicted octanol–water partition coefficient (Wildman–Crippen LogP) is 3.27. The number of fused-ring (bicyclic) bond motifs is 2. The summed E-state index contributed by atoms with van der Waals surface area (Å²) in [5.74, 6) is -0.490. The summed E-state index contributed by atoms with van der Waals surface area (Å²) in [5, 5.41) is 1.48. The lowest BCUT2D eigenvalue weighted by Gasteiger charge is -2.27. The van der Waals surface area contributed by atoms with Crippen LogP contribution in [0.2, 0.25) is 5.02 Å². The lowest BCUT2D eigenvalue weighted by Crippen LogP contribution is -2.42. The van der Waals surface area contributed by atoms with E-state index in [9.17, 15) is 14.4 Å². The Labute approximate surface area is 250 Å². The summed E-state index contributed by atoms with van der Waals surface area (Å²) in [5.41, 5.74) is 2.99. The smallest absolute Gasteiger partial charge is 0.338 e. The van der Waals surface area contributed by atoms with Crippen LogP contribution in [-0.2, 0) is 25.6 Å². The Hall–Kier alpha value is -3.99. The van der Waals surface area contributed by atoms with E-state index in [4.69, 9.17) is 21.1 Å². The van der Waals surface area contributed by atoms with Crippen molar-refractivity contribution in [2.75, 3.05) is 32.9 Å². The van der Waals surface area contributed by atoms with Gasteiger partial charge in [0.25, 0.3) is 5.56 Å². The third-order valence-electron chi connectivity index (χ3n) is 7.48. The lowest BCUT2D eigenvalue weighted by atomic mass is 9.96. The van der Waals surface area contributed by atoms with Crippen LogP contribution in [0.4, 0.5) is 0 Å². The lowest BCUT2D eigenvalue weighted by molar-refractivity contribution is -0.139. The highest BCUT2D eigenvalue weighted by Crippen LogP contribution is 2.31. The van der Waals surface area contributed by atoms with Gasteiger partial charge in [-0.1, -0.05) is 53.3 Å². The number of para-hydroxylation sites is 1. The zero-order valence-electron chi connectivity index (χ0n) is 23.2. The second kappa shape index (κ2) is 11.7. The van der Waals surface area contributed by atoms with Crippen LogP contribution in [0.25, 0.3) is 17.0 Å². The highest BCUT2D eigenvalue weighted by atomic mass is 35.5. The van der Waals surface area contributed by atoms with Gasteiger partial charge in [0.05, 0.1) is 41.7 Å². The molecular formula is C31H29ClN4O5S. The van der Waals surface area contributed by atoms with E-state index in [2.05, 4.69) is 4.99 Å². The van der Waals surface area contributed by atoms with Crippen molar-refractivity contribution in [3.8, 4) is 0 Å². The Morgan fingerprint density at radius 3 is 2.62 bits per heavy atom. The average molecular weight is 605 g/mol. The van der Waals surface area contributed by atoms with Gasteiger partial charge in [0.2, 0.25) is 5.91 Å². The van der Waals surface area contributed by atoms with Crippen molar-refractivity contribution in [1.82, 2.24) is 14.0 Å². The van der Waals surface area contributed by atoms with Crippen molar-refractivity contribution in [2.24, 2.45) is 4.99 Å². The molecular weight excluding hydrogens is 576 g/mol. The highest BCUT2D eigenvalue weighted by molar-refractivity contribution is 7.07. The summed E-state index contributed by atoms with van der Waals surface area (Å²) in [6.45, 7) is 6.12. The standard InChI is InChI=1S/C31H29ClN4O5S/c1-3-41-30(39)27-19(2)33-31-36(28(27)20-8-10-22(32)11-9-20)29(38)25(42-31)16-21-17-35(24-7-5-4-6-23(21)24)18-26(37)34-12-14-40-15-13-34/h4-11,16-17,28H,3,12-15,18H2,1-2H3/b25-16+/t28-/m1/s1. The minimum atomic E-state index is -0.716. The van der Waals surface area contributed by atoms with Gasteiger partial charge in [-0.2, -0.15) is 0 Å². The molecule has 0 spiro atoms. The number of esters is 1. The summed E-state index contributed by atoms with van der Waals surface area (Å²) < 4.78 is 14.7. The summed E-state index contributed by atoms with van der Waals surface area (Å²) >= 11 is 7.42. The van der Waals surface area contributed by atoms with Crippen LogP contribution in [0.3, 0.4) is 0 Å². The minimum Gasteiger partial charge on any atom is -0.463 e. The molecule has 0 N–H and O–H groups in total. The molecule has 4 heterocycles. The molecule has 0 unspecified atom stereocenters. The van der Waals surface area contributed by atoms with Crippen LogP contribution >= 0.6 is 22.9 Å². The molecule has 0 aliphatic carbocycles. The number of halogens is 1. The SMILES string of the molecule is CCOC(=O)C1=C(C)N=c2s/c(=C/c3cn(CC(=O)N4CCOCC4)c4ccccc34)c(=O)n2[C@@H]1c1ccc(Cl)cc1. The first kappa shape index (κ1) is 28.1. The number of rotatable bonds is 6. The molecule has 0 bridgehead atoms. The molecule has 2 aliphatic rings. The molecule has 1 saturated heterocycles. The van der Waals surface area contributed by atoms with Gasteiger partial charge in [-0.25, -0.2) is 9.79 Å². The van der Waals surface area contributed by atoms with Crippen LogP contribution in [0.15, 0.2) is 75.8 Å². The number of hydrogen-bond donors (Lipinski definition) is 0. The van der Waals surface area contributed by atoms with E-state index < -0.39 is 12.0 Å². The van der Waals surface area contributed by atoms with Crippen LogP contribution in [0, 0.1) is 0 Å². The van der Waals surface area contributed by atoms with Gasteiger partial charge < -0.3 is 18.9 Å². The van der Waals surface area contributed by atoms with E-state index in [1.54, 1.807) is 42.7 Å². The maximum atomic E-state index is 14.0. The molecule has 1 amide bonds. The van der Waals surface area contributed by atoms with E-state index in [0.717, 1.165) is 22.0 Å². The third-order valence-corrected chi connectivity index (χ3v) is 8.71. The first-order valence-corrected chi connectivity index (χ1v) is 14.9. The Kier molecular flexibility index (Phi) is 7.85. The molecule has 11 heteroatoms. The fourth-order valence-electron chi connectivity index (χ4n) is 5.47. The topological polar surface area (TPSA) is 95.1 Å². The van der Waals surface area contributed by atoms with E-state index in [-0.39, 0.29) is 24.6 Å². The largest absolute Gasteiger partial charge is 0.463 e. The highest BCUT2D eigenvalue weighted by Gasteiger charge is 2.33. The van der Waals surface area contributed by atoms with Gasteiger partial charge in [0, 0.05) is 40.8 Å². The van der Waals surface area contributed by atoms with Gasteiger partial charge >= 0.3 is 5.97 Å². The first-order chi connectivity index (χ1) is 20.4. The van der Waals surface area contributed by atoms with Crippen molar-refractivity contribution in [3.63, 3.8) is 0 Å². The molecule has 1 fully saturated rings. The number of carbonyl (C=O) groups is 2. The fourth-order valence-corrected chi connectivity index (χ4v) is 6.64. The number of ether oxygens (including phenoxy) is 2. The van der Waals surface area contributed by atoms with E-state index in [1.807, 2.05) is 46.0 Å². The quantitative estimate of drug-likeness (QED) is 0.315. The Bertz CT molecular complexity index is 1900. The number of benzene rings is 2. The van der Waals surface area contributed by atoms with Crippen molar-refractivity contribution < 1.29 is 19.1 Å². The molecule has 6 rings (SSSR count). The maximum absolute atomic E-state index is 14.0. The average Bonchev–Trinajstić information content (AvgIpc) is 3.49. The van der Waals surface area contributed by atoms with Crippen LogP contribution in [0.1, 0.15) is 31.0 Å². The van der Waals surface area contributed by atoms with E-state index in [1.165, 1.54) is 11.3 Å². The van der Waals surface area contributed by atoms with Gasteiger partial charge in [0.1, 0.15) is 6.54 Å². The first-order valence-electron chi connectivity index (χ1n) is 13.7. The normalized spacial score (nSPS) is 17.4. The molecule has 42 heavy (non-hydrogen) atoms. The summed E-state index contributed by atoms with van der Waals surface area (Å²) in [6, 6.07) is 14.2. The number of thiazole rings is 1. The second-order valence-corrected chi connectivity index (χ2v) is 11.5. The third kappa shape index (κ3) is 5.21. The van der Waals surface area contributed by atoms with E-state index in [0.29, 0.717) is 51.9 Å². The van der Waals surface area contributed by atoms with Crippen molar-refractivity contribution in [3.05, 3.63) is 102 Å². The van der Waals surface area contributed by atoms with Gasteiger partial charge in [0.15, 0.2) is 4.80 Å². The molecule has 216 valence electrons. The Balaban J connectivity index is 1.46. The molecule has 2 aromatic carbocycles. The number of aromatic nitrogens is 2. The molecule has 0 saturated carbocycles. The Morgan fingerprint density at radius 1 is 1.14 bits per heavy atom. The maximum Gasteiger partial charge on any atom is 0.338 e. The number of morpholine rings is 1. The zero-order chi connectivity index (χ0) is 29.4. The number of hydrogen-bond acceptors (Lipinski definition) is 7. The van der Waals surface area contributed by atoms with Crippen LogP contribution in [-0.4, -0.2) is 58.8 Å². The fraction of sp³-hybridized carbons (Fsp3) is 0.290. The van der Waals surface area contributed by atoms with Gasteiger partial charge in [-0.15, -0.1) is 0 Å². The van der Waals surface area contributed by atoms with Crippen molar-refractivity contribution in [1.29, 1.82) is 0 Å². The molecule has 2 aromatic heterocycles. The monoisotopic (exact) mass is 604 g/mol. The molecule has 2 aliphatic heterocycles. The summed E-state index contributed by atoms with van der Waals surface area (Å²) in [6.07, 6.45) is 3.75. The minimum absolute atomic E-state index is 0.0231. The summed E-state index contributed by atoms with van der Waals surface area (Å²) in [4.78, 5) is 47.1. The summed E-state index contributed by atoms with van der Waals surface area (Å²) in [7, 11) is 0. The van der Waals surface area contributed by atoms with Crippen molar-refractivity contribution >= 4 is 51.8 Å². The molecule has 0 radical (unpaired) electrons. The Morgan fingerprint density at radius 2 is 1.88 bits per heavy atom. The number of carbonyl (C=O) groups excluding carboxylic acids is 2. The van der Waals surface area contributed by atoms with E-state index >= 15 is 0 Å².